The highest BCUT2D eigenvalue weighted by molar-refractivity contribution is 5.98. The second kappa shape index (κ2) is 8.81. The molecule has 8 heteroatoms. The van der Waals surface area contributed by atoms with Crippen molar-refractivity contribution < 1.29 is 0 Å². The Morgan fingerprint density at radius 1 is 1.06 bits per heavy atom. The summed E-state index contributed by atoms with van der Waals surface area (Å²) in [5, 5.41) is 13.0. The highest BCUT2D eigenvalue weighted by atomic mass is 15.2. The van der Waals surface area contributed by atoms with Crippen LogP contribution in [-0.4, -0.2) is 34.7 Å². The summed E-state index contributed by atoms with van der Waals surface area (Å²) in [5.74, 6) is 0. The molecule has 178 valence electrons. The number of nitrogens with zero attached hydrogens (tertiary/aromatic N) is 5. The fourth-order valence-electron chi connectivity index (χ4n) is 4.55. The number of aryl methyl sites for hydroxylation is 1. The maximum atomic E-state index is 4.61. The molecule has 0 bridgehead atoms. The molecule has 0 amide bonds. The van der Waals surface area contributed by atoms with E-state index in [1.807, 2.05) is 48.7 Å². The average Bonchev–Trinajstić information content (AvgIpc) is 3.61. The first-order valence-corrected chi connectivity index (χ1v) is 12.0. The van der Waals surface area contributed by atoms with Gasteiger partial charge in [0.2, 0.25) is 0 Å². The summed E-state index contributed by atoms with van der Waals surface area (Å²) >= 11 is 0. The molecule has 0 saturated heterocycles. The Morgan fingerprint density at radius 3 is 2.78 bits per heavy atom. The lowest BCUT2D eigenvalue weighted by molar-refractivity contribution is 0.913. The van der Waals surface area contributed by atoms with Crippen LogP contribution in [0, 0.1) is 6.92 Å². The summed E-state index contributed by atoms with van der Waals surface area (Å²) < 4.78 is 2.04. The van der Waals surface area contributed by atoms with Crippen LogP contribution in [0.2, 0.25) is 0 Å². The summed E-state index contributed by atoms with van der Waals surface area (Å²) in [5.41, 5.74) is 9.41. The molecule has 5 aromatic heterocycles. The number of imidazole rings is 1. The molecule has 3 N–H and O–H groups in total. The topological polar surface area (TPSA) is 100 Å². The molecular weight excluding hydrogens is 448 g/mol. The number of allylic oxidation sites excluding steroid dienone is 1. The number of fused-ring (bicyclic) bond motifs is 2. The van der Waals surface area contributed by atoms with Crippen LogP contribution in [-0.2, 0) is 0 Å². The van der Waals surface area contributed by atoms with Crippen LogP contribution in [0.3, 0.4) is 0 Å². The third kappa shape index (κ3) is 3.92. The van der Waals surface area contributed by atoms with Crippen molar-refractivity contribution in [1.82, 2.24) is 34.7 Å². The number of aromatic amines is 2. The van der Waals surface area contributed by atoms with Crippen LogP contribution < -0.4 is 5.32 Å². The van der Waals surface area contributed by atoms with Crippen LogP contribution in [0.5, 0.6) is 0 Å². The minimum Gasteiger partial charge on any atom is -0.358 e. The highest BCUT2D eigenvalue weighted by Crippen LogP contribution is 2.33. The second-order valence-corrected chi connectivity index (χ2v) is 8.98. The second-order valence-electron chi connectivity index (χ2n) is 8.98. The Hall–Kier alpha value is -4.72. The Kier molecular flexibility index (Phi) is 5.33. The van der Waals surface area contributed by atoms with Gasteiger partial charge < -0.3 is 14.9 Å². The zero-order valence-corrected chi connectivity index (χ0v) is 20.2. The zero-order valence-electron chi connectivity index (χ0n) is 20.2. The van der Waals surface area contributed by atoms with Gasteiger partial charge >= 0.3 is 0 Å². The van der Waals surface area contributed by atoms with Crippen LogP contribution in [0.15, 0.2) is 79.8 Å². The average molecular weight is 475 g/mol. The van der Waals surface area contributed by atoms with Crippen molar-refractivity contribution in [2.75, 3.05) is 5.32 Å². The first kappa shape index (κ1) is 21.8. The molecule has 0 aliphatic rings. The van der Waals surface area contributed by atoms with Crippen LogP contribution in [0.4, 0.5) is 5.69 Å². The number of hydrogen-bond acceptors (Lipinski definition) is 5. The quantitative estimate of drug-likeness (QED) is 0.249. The van der Waals surface area contributed by atoms with E-state index in [0.29, 0.717) is 5.65 Å². The molecule has 6 rings (SSSR count). The molecule has 8 nitrogen and oxygen atoms in total. The number of benzene rings is 1. The first-order valence-electron chi connectivity index (χ1n) is 12.0. The third-order valence-electron chi connectivity index (χ3n) is 6.25. The van der Waals surface area contributed by atoms with Gasteiger partial charge in [-0.05, 0) is 43.7 Å². The molecule has 0 fully saturated rings. The largest absolute Gasteiger partial charge is 0.358 e. The van der Waals surface area contributed by atoms with E-state index in [1.54, 1.807) is 0 Å². The van der Waals surface area contributed by atoms with E-state index in [4.69, 9.17) is 0 Å². The maximum absolute atomic E-state index is 4.61. The molecule has 1 aromatic carbocycles. The molecule has 0 spiro atoms. The van der Waals surface area contributed by atoms with E-state index < -0.39 is 0 Å². The predicted molar refractivity (Wildman–Crippen MR) is 144 cm³/mol. The molecule has 0 aliphatic heterocycles. The molecular formula is C28H26N8. The van der Waals surface area contributed by atoms with Crippen LogP contribution in [0.25, 0.3) is 50.1 Å². The standard InChI is InChI=1S/C28H26N8/c1-4-6-17(2)32-21-9-19(12-29-14-21)20-10-23-27(34-35-28(23)30-13-20)25-11-22-24(33-25)7-5-8-26(22)36-15-18(3)31-16-36/h5,7-16,32-33H,2,4,6H2,1,3H3,(H,30,34,35). The van der Waals surface area contributed by atoms with Crippen molar-refractivity contribution in [3.05, 3.63) is 85.5 Å². The first-order chi connectivity index (χ1) is 17.6. The Balaban J connectivity index is 1.40. The van der Waals surface area contributed by atoms with Gasteiger partial charge in [0.05, 0.1) is 41.0 Å². The zero-order chi connectivity index (χ0) is 24.6. The summed E-state index contributed by atoms with van der Waals surface area (Å²) in [7, 11) is 0. The third-order valence-corrected chi connectivity index (χ3v) is 6.25. The van der Waals surface area contributed by atoms with Crippen molar-refractivity contribution in [3.8, 4) is 28.2 Å². The van der Waals surface area contributed by atoms with Gasteiger partial charge in [0, 0.05) is 51.7 Å². The van der Waals surface area contributed by atoms with E-state index in [2.05, 4.69) is 79.3 Å². The number of rotatable bonds is 7. The van der Waals surface area contributed by atoms with Gasteiger partial charge in [-0.2, -0.15) is 5.10 Å². The summed E-state index contributed by atoms with van der Waals surface area (Å²) in [4.78, 5) is 17.0. The fourth-order valence-corrected chi connectivity index (χ4v) is 4.55. The van der Waals surface area contributed by atoms with E-state index in [1.165, 1.54) is 0 Å². The Morgan fingerprint density at radius 2 is 1.94 bits per heavy atom. The molecule has 0 atom stereocenters. The van der Waals surface area contributed by atoms with Gasteiger partial charge in [-0.15, -0.1) is 0 Å². The van der Waals surface area contributed by atoms with E-state index in [0.717, 1.165) is 74.4 Å². The number of anilines is 1. The molecule has 0 radical (unpaired) electrons. The number of nitrogens with one attached hydrogen (secondary N) is 3. The van der Waals surface area contributed by atoms with Crippen molar-refractivity contribution >= 4 is 27.6 Å². The number of hydrogen-bond donors (Lipinski definition) is 3. The van der Waals surface area contributed by atoms with Gasteiger partial charge in [0.25, 0.3) is 0 Å². The molecule has 6 aromatic rings. The molecule has 36 heavy (non-hydrogen) atoms. The van der Waals surface area contributed by atoms with E-state index in [-0.39, 0.29) is 0 Å². The van der Waals surface area contributed by atoms with Crippen molar-refractivity contribution in [2.24, 2.45) is 0 Å². The van der Waals surface area contributed by atoms with E-state index in [9.17, 15) is 0 Å². The summed E-state index contributed by atoms with van der Waals surface area (Å²) in [6.45, 7) is 8.22. The molecule has 0 saturated carbocycles. The minimum atomic E-state index is 0.663. The molecule has 5 heterocycles. The lowest BCUT2D eigenvalue weighted by Crippen LogP contribution is -1.98. The Labute approximate surface area is 208 Å². The SMILES string of the molecule is C=C(CCC)Nc1cncc(-c2cnc3n[nH]c(-c4cc5c(-n6cnc(C)c6)cccc5[nH]4)c3c2)c1. The lowest BCUT2D eigenvalue weighted by atomic mass is 10.1. The molecule has 0 unspecified atom stereocenters. The van der Waals surface area contributed by atoms with E-state index >= 15 is 0 Å². The van der Waals surface area contributed by atoms with Gasteiger partial charge in [-0.1, -0.05) is 26.0 Å². The van der Waals surface area contributed by atoms with Gasteiger partial charge in [-0.25, -0.2) is 9.97 Å². The lowest BCUT2D eigenvalue weighted by Gasteiger charge is -2.09. The number of pyridine rings is 2. The molecule has 0 aliphatic carbocycles. The Bertz CT molecular complexity index is 1720. The summed E-state index contributed by atoms with van der Waals surface area (Å²) in [6, 6.07) is 12.5. The van der Waals surface area contributed by atoms with Gasteiger partial charge in [0.1, 0.15) is 0 Å². The smallest absolute Gasteiger partial charge is 0.181 e. The normalized spacial score (nSPS) is 11.4. The van der Waals surface area contributed by atoms with Crippen LogP contribution in [0.1, 0.15) is 25.5 Å². The predicted octanol–water partition coefficient (Wildman–Crippen LogP) is 6.39. The highest BCUT2D eigenvalue weighted by Gasteiger charge is 2.15. The fraction of sp³-hybridized carbons (Fsp3) is 0.143. The van der Waals surface area contributed by atoms with Gasteiger partial charge in [0.15, 0.2) is 5.65 Å². The van der Waals surface area contributed by atoms with Crippen LogP contribution >= 0.6 is 0 Å². The monoisotopic (exact) mass is 474 g/mol. The maximum Gasteiger partial charge on any atom is 0.181 e. The van der Waals surface area contributed by atoms with Crippen molar-refractivity contribution in [3.63, 3.8) is 0 Å². The number of H-pyrrole nitrogens is 2. The minimum absolute atomic E-state index is 0.663. The van der Waals surface area contributed by atoms with Crippen molar-refractivity contribution in [2.45, 2.75) is 26.7 Å². The van der Waals surface area contributed by atoms with Crippen molar-refractivity contribution in [1.29, 1.82) is 0 Å². The van der Waals surface area contributed by atoms with Gasteiger partial charge in [-0.3, -0.25) is 10.1 Å². The summed E-state index contributed by atoms with van der Waals surface area (Å²) in [6.07, 6.45) is 11.3. The number of aromatic nitrogens is 7.